The summed E-state index contributed by atoms with van der Waals surface area (Å²) >= 11 is 0. The Morgan fingerprint density at radius 2 is 2.00 bits per heavy atom. The molecule has 0 aromatic carbocycles. The van der Waals surface area contributed by atoms with E-state index in [-0.39, 0.29) is 12.0 Å². The molecule has 4 fully saturated rings. The van der Waals surface area contributed by atoms with Crippen LogP contribution in [-0.4, -0.2) is 41.7 Å². The van der Waals surface area contributed by atoms with Crippen molar-refractivity contribution >= 4 is 5.97 Å². The largest absolute Gasteiger partial charge is 0.466 e. The minimum absolute atomic E-state index is 0.0899. The molecular formula is C18H25NO4. The van der Waals surface area contributed by atoms with Gasteiger partial charge in [-0.1, -0.05) is 12.8 Å². The van der Waals surface area contributed by atoms with E-state index in [1.54, 1.807) is 12.1 Å². The first-order valence-corrected chi connectivity index (χ1v) is 8.87. The number of piperidine rings is 3. The maximum Gasteiger partial charge on any atom is 0.346 e. The van der Waals surface area contributed by atoms with Crippen LogP contribution in [0.4, 0.5) is 0 Å². The zero-order chi connectivity index (χ0) is 15.9. The number of esters is 1. The molecule has 5 rings (SSSR count). The van der Waals surface area contributed by atoms with Gasteiger partial charge in [0, 0.05) is 12.5 Å². The monoisotopic (exact) mass is 319 g/mol. The topological polar surface area (TPSA) is 62.9 Å². The minimum atomic E-state index is -1.63. The number of fused-ring (bicyclic) bond motifs is 3. The maximum absolute atomic E-state index is 12.9. The summed E-state index contributed by atoms with van der Waals surface area (Å²) in [4.78, 5) is 15.3. The Balaban J connectivity index is 1.55. The number of ether oxygens (including phenoxy) is 1. The molecule has 2 unspecified atom stereocenters. The Labute approximate surface area is 136 Å². The molecule has 5 nitrogen and oxygen atoms in total. The highest BCUT2D eigenvalue weighted by Gasteiger charge is 2.51. The van der Waals surface area contributed by atoms with Crippen LogP contribution in [0.2, 0.25) is 0 Å². The highest BCUT2D eigenvalue weighted by atomic mass is 16.6. The fraction of sp³-hybridized carbons (Fsp3) is 0.722. The second kappa shape index (κ2) is 5.95. The first-order chi connectivity index (χ1) is 11.2. The molecule has 0 spiro atoms. The van der Waals surface area contributed by atoms with E-state index in [2.05, 4.69) is 4.90 Å². The van der Waals surface area contributed by atoms with E-state index >= 15 is 0 Å². The first kappa shape index (κ1) is 15.2. The van der Waals surface area contributed by atoms with Crippen LogP contribution in [0.5, 0.6) is 0 Å². The Bertz CT molecular complexity index is 543. The zero-order valence-corrected chi connectivity index (χ0v) is 13.4. The summed E-state index contributed by atoms with van der Waals surface area (Å²) < 4.78 is 11.3. The molecule has 2 bridgehead atoms. The van der Waals surface area contributed by atoms with E-state index in [9.17, 15) is 9.90 Å². The molecule has 1 N–H and O–H groups in total. The van der Waals surface area contributed by atoms with Crippen LogP contribution in [0.1, 0.15) is 44.3 Å². The molecule has 4 heterocycles. The second-order valence-corrected chi connectivity index (χ2v) is 7.31. The number of aliphatic hydroxyl groups is 1. The number of hydrogen-bond acceptors (Lipinski definition) is 5. The summed E-state index contributed by atoms with van der Waals surface area (Å²) in [5.41, 5.74) is -1.63. The Morgan fingerprint density at radius 1 is 1.26 bits per heavy atom. The lowest BCUT2D eigenvalue weighted by atomic mass is 9.82. The molecule has 1 aliphatic carbocycles. The summed E-state index contributed by atoms with van der Waals surface area (Å²) in [6, 6.07) is 3.41. The number of furan rings is 1. The van der Waals surface area contributed by atoms with Gasteiger partial charge in [-0.2, -0.15) is 0 Å². The summed E-state index contributed by atoms with van der Waals surface area (Å²) in [7, 11) is 0. The number of rotatable bonds is 4. The molecule has 126 valence electrons. The van der Waals surface area contributed by atoms with Gasteiger partial charge in [0.1, 0.15) is 11.9 Å². The van der Waals surface area contributed by atoms with Crippen LogP contribution in [0, 0.1) is 11.8 Å². The third kappa shape index (κ3) is 2.60. The quantitative estimate of drug-likeness (QED) is 0.863. The molecule has 4 aliphatic rings. The standard InChI is InChI=1S/C18H25NO4/c20-17(23-15-12-19-9-7-13(15)8-10-19)18(21,14-4-1-2-5-14)16-6-3-11-22-16/h3,6,11,13-15,21H,1-2,4-5,7-10,12H2. The summed E-state index contributed by atoms with van der Waals surface area (Å²) in [6.07, 6.45) is 7.35. The van der Waals surface area contributed by atoms with Crippen LogP contribution in [0.25, 0.3) is 0 Å². The molecule has 0 radical (unpaired) electrons. The number of nitrogens with zero attached hydrogens (tertiary/aromatic N) is 1. The highest BCUT2D eigenvalue weighted by molar-refractivity contribution is 5.81. The molecule has 0 amide bonds. The van der Waals surface area contributed by atoms with Crippen LogP contribution in [0.15, 0.2) is 22.8 Å². The predicted molar refractivity (Wildman–Crippen MR) is 83.6 cm³/mol. The van der Waals surface area contributed by atoms with Crippen molar-refractivity contribution < 1.29 is 19.1 Å². The molecule has 1 aromatic heterocycles. The van der Waals surface area contributed by atoms with Gasteiger partial charge in [-0.15, -0.1) is 0 Å². The normalized spacial score (nSPS) is 33.5. The third-order valence-electron chi connectivity index (χ3n) is 6.01. The predicted octanol–water partition coefficient (Wildman–Crippen LogP) is 2.29. The average molecular weight is 319 g/mol. The van der Waals surface area contributed by atoms with Gasteiger partial charge < -0.3 is 14.3 Å². The van der Waals surface area contributed by atoms with Crippen molar-refractivity contribution in [2.75, 3.05) is 19.6 Å². The van der Waals surface area contributed by atoms with E-state index in [1.165, 1.54) is 6.26 Å². The van der Waals surface area contributed by atoms with Gasteiger partial charge in [0.15, 0.2) is 0 Å². The summed E-state index contributed by atoms with van der Waals surface area (Å²) in [5.74, 6) is 0.143. The second-order valence-electron chi connectivity index (χ2n) is 7.31. The van der Waals surface area contributed by atoms with Crippen molar-refractivity contribution in [2.24, 2.45) is 11.8 Å². The Kier molecular flexibility index (Phi) is 3.93. The zero-order valence-electron chi connectivity index (χ0n) is 13.4. The van der Waals surface area contributed by atoms with Crippen molar-refractivity contribution in [1.82, 2.24) is 4.90 Å². The number of carbonyl (C=O) groups is 1. The van der Waals surface area contributed by atoms with E-state index in [0.717, 1.165) is 58.2 Å². The average Bonchev–Trinajstić information content (AvgIpc) is 3.29. The lowest BCUT2D eigenvalue weighted by Gasteiger charge is -2.44. The van der Waals surface area contributed by atoms with E-state index < -0.39 is 11.6 Å². The van der Waals surface area contributed by atoms with Gasteiger partial charge in [0.05, 0.1) is 6.26 Å². The summed E-state index contributed by atoms with van der Waals surface area (Å²) in [5, 5.41) is 11.3. The van der Waals surface area contributed by atoms with Crippen LogP contribution in [-0.2, 0) is 15.1 Å². The molecule has 1 aromatic rings. The molecule has 1 saturated carbocycles. The van der Waals surface area contributed by atoms with E-state index in [4.69, 9.17) is 9.15 Å². The Hall–Kier alpha value is -1.33. The van der Waals surface area contributed by atoms with Gasteiger partial charge in [-0.25, -0.2) is 4.79 Å². The molecule has 5 heteroatoms. The van der Waals surface area contributed by atoms with E-state index in [1.807, 2.05) is 0 Å². The smallest absolute Gasteiger partial charge is 0.346 e. The first-order valence-electron chi connectivity index (χ1n) is 8.87. The van der Waals surface area contributed by atoms with Gasteiger partial charge in [-0.3, -0.25) is 4.90 Å². The SMILES string of the molecule is O=C(OC1CN2CCC1CC2)C(O)(c1ccco1)C1CCCC1. The Morgan fingerprint density at radius 3 is 2.57 bits per heavy atom. The van der Waals surface area contributed by atoms with Crippen LogP contribution < -0.4 is 0 Å². The van der Waals surface area contributed by atoms with Crippen LogP contribution >= 0.6 is 0 Å². The van der Waals surface area contributed by atoms with Gasteiger partial charge >= 0.3 is 5.97 Å². The molecule has 2 atom stereocenters. The third-order valence-corrected chi connectivity index (χ3v) is 6.01. The van der Waals surface area contributed by atoms with Gasteiger partial charge in [0.2, 0.25) is 5.60 Å². The van der Waals surface area contributed by atoms with Crippen molar-refractivity contribution in [3.63, 3.8) is 0 Å². The lowest BCUT2D eigenvalue weighted by Crippen LogP contribution is -2.54. The van der Waals surface area contributed by atoms with Gasteiger partial charge in [0.25, 0.3) is 0 Å². The lowest BCUT2D eigenvalue weighted by molar-refractivity contribution is -0.190. The molecular weight excluding hydrogens is 294 g/mol. The van der Waals surface area contributed by atoms with Crippen molar-refractivity contribution in [1.29, 1.82) is 0 Å². The minimum Gasteiger partial charge on any atom is -0.466 e. The molecule has 3 saturated heterocycles. The van der Waals surface area contributed by atoms with Crippen LogP contribution in [0.3, 0.4) is 0 Å². The molecule has 3 aliphatic heterocycles. The van der Waals surface area contributed by atoms with Crippen molar-refractivity contribution in [3.05, 3.63) is 24.2 Å². The number of carbonyl (C=O) groups excluding carboxylic acids is 1. The van der Waals surface area contributed by atoms with Crippen molar-refractivity contribution in [2.45, 2.75) is 50.2 Å². The van der Waals surface area contributed by atoms with E-state index in [0.29, 0.717) is 11.7 Å². The fourth-order valence-electron chi connectivity index (χ4n) is 4.58. The number of hydrogen-bond donors (Lipinski definition) is 1. The highest BCUT2D eigenvalue weighted by Crippen LogP contribution is 2.42. The van der Waals surface area contributed by atoms with Crippen molar-refractivity contribution in [3.8, 4) is 0 Å². The maximum atomic E-state index is 12.9. The summed E-state index contributed by atoms with van der Waals surface area (Å²) in [6.45, 7) is 3.00. The fourth-order valence-corrected chi connectivity index (χ4v) is 4.58. The molecule has 23 heavy (non-hydrogen) atoms. The van der Waals surface area contributed by atoms with Gasteiger partial charge in [-0.05, 0) is 56.8 Å².